The van der Waals surface area contributed by atoms with Gasteiger partial charge >= 0.3 is 35.0 Å². The minimum atomic E-state index is -0.106. The van der Waals surface area contributed by atoms with Gasteiger partial charge in [0.05, 0.1) is 0 Å². The Kier molecular flexibility index (Phi) is 17.7. The van der Waals surface area contributed by atoms with Crippen molar-refractivity contribution in [2.45, 2.75) is 152 Å². The summed E-state index contributed by atoms with van der Waals surface area (Å²) in [7, 11) is 24.6. The molecule has 0 radical (unpaired) electrons. The summed E-state index contributed by atoms with van der Waals surface area (Å²) in [5, 5.41) is 2.94. The number of hydrogen-bond acceptors (Lipinski definition) is 2. The summed E-state index contributed by atoms with van der Waals surface area (Å²) in [4.78, 5) is 4.70. The zero-order valence-corrected chi connectivity index (χ0v) is 35.3. The van der Waals surface area contributed by atoms with Gasteiger partial charge in [-0.1, -0.05) is 89.2 Å². The number of rotatable bonds is 6. The third-order valence-electron chi connectivity index (χ3n) is 11.6. The Bertz CT molecular complexity index is 1120. The first kappa shape index (κ1) is 39.9. The van der Waals surface area contributed by atoms with Gasteiger partial charge in [0.15, 0.2) is 0 Å². The number of nitrogens with zero attached hydrogens (tertiary/aromatic N) is 2. The number of hydrogen-bond donors (Lipinski definition) is 0. The summed E-state index contributed by atoms with van der Waals surface area (Å²) in [6, 6.07) is 9.41. The molecule has 2 aromatic carbocycles. The Labute approximate surface area is 310 Å². The maximum absolute atomic E-state index is 4.81. The Morgan fingerprint density at radius 3 is 0.915 bits per heavy atom. The SMILES string of the molecule is CN(C)c1ccc(P)c(C2CCCCC2)c1C1CCCCC1.CN(C)c1ccc(P)c(C2CCCCC2)c1C1CCCCC1.[Cl][Pd][Cl]. The average molecular weight is 812 g/mol. The fourth-order valence-corrected chi connectivity index (χ4v) is 10.4. The second-order valence-electron chi connectivity index (χ2n) is 15.2. The van der Waals surface area contributed by atoms with Gasteiger partial charge in [0.25, 0.3) is 0 Å². The third-order valence-corrected chi connectivity index (χ3v) is 12.6. The van der Waals surface area contributed by atoms with E-state index in [-0.39, 0.29) is 15.9 Å². The molecule has 0 aliphatic heterocycles. The third kappa shape index (κ3) is 11.1. The fourth-order valence-electron chi connectivity index (χ4n) is 9.40. The number of anilines is 2. The van der Waals surface area contributed by atoms with Crippen molar-refractivity contribution >= 4 is 59.5 Å². The summed E-state index contributed by atoms with van der Waals surface area (Å²) in [5.41, 5.74) is 9.82. The van der Waals surface area contributed by atoms with Crippen LogP contribution in [0.1, 0.15) is 174 Å². The molecule has 4 fully saturated rings. The first-order chi connectivity index (χ1) is 22.8. The summed E-state index contributed by atoms with van der Waals surface area (Å²) in [6.45, 7) is 0. The molecule has 0 aromatic heterocycles. The minimum absolute atomic E-state index is 0.106. The molecule has 0 bridgehead atoms. The van der Waals surface area contributed by atoms with Crippen molar-refractivity contribution in [3.8, 4) is 0 Å². The molecule has 2 unspecified atom stereocenters. The summed E-state index contributed by atoms with van der Waals surface area (Å²) in [6.07, 6.45) is 28.3. The van der Waals surface area contributed by atoms with E-state index in [2.05, 4.69) is 80.7 Å². The molecule has 2 nitrogen and oxygen atoms in total. The second kappa shape index (κ2) is 20.9. The van der Waals surface area contributed by atoms with Crippen molar-refractivity contribution in [2.75, 3.05) is 38.0 Å². The van der Waals surface area contributed by atoms with Gasteiger partial charge in [-0.2, -0.15) is 0 Å². The van der Waals surface area contributed by atoms with E-state index in [1.807, 2.05) is 0 Å². The van der Waals surface area contributed by atoms with Gasteiger partial charge in [0.2, 0.25) is 0 Å². The first-order valence-electron chi connectivity index (χ1n) is 18.8. The molecule has 4 saturated carbocycles. The van der Waals surface area contributed by atoms with Gasteiger partial charge < -0.3 is 9.80 Å². The van der Waals surface area contributed by atoms with Gasteiger partial charge in [0.1, 0.15) is 0 Å². The quantitative estimate of drug-likeness (QED) is 0.212. The molecule has 2 aromatic rings. The standard InChI is InChI=1S/2C20H32NP.2ClH.Pd/c2*1-21(2)17-13-14-18(22)20(16-11-7-4-8-12-16)19(17)15-9-5-3-6-10-15;;;/h2*13-16H,3-12,22H2,1-2H3;2*1H;/q;;;;+2/p-2. The molecule has 0 heterocycles. The summed E-state index contributed by atoms with van der Waals surface area (Å²) in [5.74, 6) is 3.20. The van der Waals surface area contributed by atoms with Gasteiger partial charge in [-0.05, 0) is 120 Å². The molecule has 4 aliphatic carbocycles. The molecule has 47 heavy (non-hydrogen) atoms. The van der Waals surface area contributed by atoms with Crippen LogP contribution in [0.3, 0.4) is 0 Å². The van der Waals surface area contributed by atoms with Crippen LogP contribution in [0.4, 0.5) is 11.4 Å². The van der Waals surface area contributed by atoms with E-state index >= 15 is 0 Å². The molecular formula is C40H64Cl2N2P2Pd. The molecule has 6 rings (SSSR count). The van der Waals surface area contributed by atoms with Crippen LogP contribution >= 0.6 is 37.5 Å². The predicted octanol–water partition coefficient (Wildman–Crippen LogP) is 12.1. The first-order valence-corrected chi connectivity index (χ1v) is 24.0. The second-order valence-corrected chi connectivity index (χ2v) is 18.8. The van der Waals surface area contributed by atoms with Gasteiger partial charge in [-0.3, -0.25) is 0 Å². The Morgan fingerprint density at radius 1 is 0.447 bits per heavy atom. The molecule has 2 atom stereocenters. The number of benzene rings is 2. The van der Waals surface area contributed by atoms with E-state index in [9.17, 15) is 0 Å². The molecule has 0 amide bonds. The molecule has 0 N–H and O–H groups in total. The van der Waals surface area contributed by atoms with Crippen molar-refractivity contribution in [3.63, 3.8) is 0 Å². The van der Waals surface area contributed by atoms with Crippen molar-refractivity contribution in [2.24, 2.45) is 0 Å². The fraction of sp³-hybridized carbons (Fsp3) is 0.700. The number of halogens is 2. The van der Waals surface area contributed by atoms with E-state index in [1.165, 1.54) is 150 Å². The van der Waals surface area contributed by atoms with Crippen LogP contribution in [0, 0.1) is 0 Å². The van der Waals surface area contributed by atoms with Crippen LogP contribution in [0.2, 0.25) is 0 Å². The van der Waals surface area contributed by atoms with Crippen molar-refractivity contribution in [3.05, 3.63) is 46.5 Å². The molecule has 0 spiro atoms. The molecule has 268 valence electrons. The zero-order valence-electron chi connectivity index (χ0n) is 29.9. The monoisotopic (exact) mass is 810 g/mol. The molecule has 0 saturated heterocycles. The van der Waals surface area contributed by atoms with Crippen molar-refractivity contribution in [1.82, 2.24) is 0 Å². The predicted molar refractivity (Wildman–Crippen MR) is 215 cm³/mol. The van der Waals surface area contributed by atoms with Crippen molar-refractivity contribution < 1.29 is 15.9 Å². The van der Waals surface area contributed by atoms with E-state index in [0.717, 1.165) is 23.7 Å². The zero-order chi connectivity index (χ0) is 33.8. The molecule has 7 heteroatoms. The molecule has 4 aliphatic rings. The van der Waals surface area contributed by atoms with Crippen LogP contribution in [0.15, 0.2) is 24.3 Å². The summed E-state index contributed by atoms with van der Waals surface area (Å²) < 4.78 is 0. The van der Waals surface area contributed by atoms with Crippen LogP contribution in [-0.2, 0) is 15.9 Å². The van der Waals surface area contributed by atoms with Crippen LogP contribution in [0.5, 0.6) is 0 Å². The van der Waals surface area contributed by atoms with Crippen LogP contribution < -0.4 is 20.4 Å². The van der Waals surface area contributed by atoms with E-state index in [4.69, 9.17) is 19.1 Å². The van der Waals surface area contributed by atoms with E-state index in [1.54, 1.807) is 22.3 Å². The normalized spacial score (nSPS) is 20.2. The van der Waals surface area contributed by atoms with Crippen LogP contribution in [0.25, 0.3) is 0 Å². The maximum atomic E-state index is 4.81. The van der Waals surface area contributed by atoms with Gasteiger partial charge in [0, 0.05) is 39.6 Å². The van der Waals surface area contributed by atoms with E-state index in [0.29, 0.717) is 0 Å². The van der Waals surface area contributed by atoms with Crippen LogP contribution in [-0.4, -0.2) is 28.2 Å². The average Bonchev–Trinajstić information content (AvgIpc) is 3.10. The van der Waals surface area contributed by atoms with E-state index < -0.39 is 0 Å². The van der Waals surface area contributed by atoms with Crippen molar-refractivity contribution in [1.29, 1.82) is 0 Å². The summed E-state index contributed by atoms with van der Waals surface area (Å²) >= 11 is -0.106. The Hall–Kier alpha value is 0.142. The topological polar surface area (TPSA) is 6.48 Å². The van der Waals surface area contributed by atoms with Gasteiger partial charge in [-0.25, -0.2) is 0 Å². The van der Waals surface area contributed by atoms with Gasteiger partial charge in [-0.15, -0.1) is 18.5 Å². The molecular weight excluding hydrogens is 748 g/mol. The Balaban J connectivity index is 0.000000197. The Morgan fingerprint density at radius 2 is 0.681 bits per heavy atom.